The summed E-state index contributed by atoms with van der Waals surface area (Å²) < 4.78 is 5.29. The third-order valence-electron chi connectivity index (χ3n) is 4.50. The molecule has 130 valence electrons. The van der Waals surface area contributed by atoms with Crippen molar-refractivity contribution in [2.24, 2.45) is 16.1 Å². The molecule has 0 spiro atoms. The van der Waals surface area contributed by atoms with Crippen LogP contribution in [-0.4, -0.2) is 37.3 Å². The maximum atomic E-state index is 12.3. The quantitative estimate of drug-likeness (QED) is 0.872. The minimum absolute atomic E-state index is 0.245. The molecule has 1 saturated heterocycles. The molecule has 1 aliphatic carbocycles. The zero-order valence-corrected chi connectivity index (χ0v) is 14.4. The van der Waals surface area contributed by atoms with Crippen LogP contribution in [0.3, 0.4) is 0 Å². The van der Waals surface area contributed by atoms with Crippen molar-refractivity contribution in [3.05, 3.63) is 39.9 Å². The number of anilines is 1. The van der Waals surface area contributed by atoms with E-state index in [1.807, 2.05) is 23.2 Å². The first-order valence-electron chi connectivity index (χ1n) is 8.55. The van der Waals surface area contributed by atoms with Crippen molar-refractivity contribution in [1.29, 1.82) is 0 Å². The number of ether oxygens (including phenoxy) is 1. The Morgan fingerprint density at radius 1 is 1.24 bits per heavy atom. The standard InChI is InChI=1S/C18H21N5O2/c1-11(2)16-14-10-13-12(17(14)21-20-16)4-3-5-15(13)19-18(24)22-23-6-8-25-9-7-23/h3-5,10-11H,6-9H2,1-2H3,(H2,19,22,24). The Hall–Kier alpha value is -2.51. The van der Waals surface area contributed by atoms with Crippen LogP contribution in [0.2, 0.25) is 0 Å². The Balaban J connectivity index is 1.61. The molecule has 25 heavy (non-hydrogen) atoms. The fourth-order valence-electron chi connectivity index (χ4n) is 3.25. The van der Waals surface area contributed by atoms with Crippen LogP contribution in [-0.2, 0) is 4.74 Å². The number of carbonyl (C=O) groups excluding carboxylic acids is 1. The van der Waals surface area contributed by atoms with Gasteiger partial charge in [-0.25, -0.2) is 9.80 Å². The molecule has 0 atom stereocenters. The predicted molar refractivity (Wildman–Crippen MR) is 94.8 cm³/mol. The third-order valence-corrected chi connectivity index (χ3v) is 4.50. The van der Waals surface area contributed by atoms with Gasteiger partial charge in [0.15, 0.2) is 0 Å². The number of fused-ring (bicyclic) bond motifs is 2. The van der Waals surface area contributed by atoms with E-state index < -0.39 is 0 Å². The number of nitrogens with one attached hydrogen (secondary N) is 2. The normalized spacial score (nSPS) is 19.1. The van der Waals surface area contributed by atoms with Crippen molar-refractivity contribution in [3.8, 4) is 0 Å². The summed E-state index contributed by atoms with van der Waals surface area (Å²) in [6.07, 6.45) is 2.07. The van der Waals surface area contributed by atoms with Crippen molar-refractivity contribution in [3.63, 3.8) is 0 Å². The lowest BCUT2D eigenvalue weighted by molar-refractivity contribution is 0.0207. The monoisotopic (exact) mass is 339 g/mol. The molecule has 0 radical (unpaired) electrons. The van der Waals surface area contributed by atoms with Gasteiger partial charge in [-0.3, -0.25) is 5.43 Å². The number of rotatable bonds is 3. The van der Waals surface area contributed by atoms with Crippen molar-refractivity contribution in [2.45, 2.75) is 13.8 Å². The van der Waals surface area contributed by atoms with Crippen LogP contribution in [0.5, 0.6) is 0 Å². The first-order chi connectivity index (χ1) is 12.1. The number of hydrazine groups is 1. The molecular formula is C18H21N5O2. The van der Waals surface area contributed by atoms with Gasteiger partial charge in [0.05, 0.1) is 24.6 Å². The minimum atomic E-state index is -0.245. The molecule has 2 aliphatic heterocycles. The molecule has 0 aromatic heterocycles. The van der Waals surface area contributed by atoms with Crippen LogP contribution in [0.25, 0.3) is 11.8 Å². The maximum absolute atomic E-state index is 12.3. The van der Waals surface area contributed by atoms with Gasteiger partial charge in [-0.1, -0.05) is 26.0 Å². The molecule has 3 aliphatic rings. The highest BCUT2D eigenvalue weighted by molar-refractivity contribution is 5.92. The fraction of sp³-hybridized carbons (Fsp3) is 0.389. The van der Waals surface area contributed by atoms with Gasteiger partial charge in [0.25, 0.3) is 0 Å². The number of urea groups is 1. The molecule has 2 N–H and O–H groups in total. The van der Waals surface area contributed by atoms with E-state index in [9.17, 15) is 4.79 Å². The zero-order valence-electron chi connectivity index (χ0n) is 14.4. The van der Waals surface area contributed by atoms with E-state index in [0.29, 0.717) is 32.2 Å². The molecule has 1 aromatic carbocycles. The van der Waals surface area contributed by atoms with Gasteiger partial charge in [0.1, 0.15) is 5.70 Å². The second-order valence-electron chi connectivity index (χ2n) is 6.58. The summed E-state index contributed by atoms with van der Waals surface area (Å²) in [7, 11) is 0. The Labute approximate surface area is 145 Å². The number of hydrogen-bond donors (Lipinski definition) is 2. The molecule has 0 bridgehead atoms. The lowest BCUT2D eigenvalue weighted by Crippen LogP contribution is -2.50. The van der Waals surface area contributed by atoms with E-state index >= 15 is 0 Å². The Morgan fingerprint density at radius 2 is 2.04 bits per heavy atom. The highest BCUT2D eigenvalue weighted by Gasteiger charge is 2.24. The Kier molecular flexibility index (Phi) is 4.10. The van der Waals surface area contributed by atoms with E-state index in [0.717, 1.165) is 33.1 Å². The fourth-order valence-corrected chi connectivity index (χ4v) is 3.25. The molecule has 1 fully saturated rings. The van der Waals surface area contributed by atoms with Gasteiger partial charge >= 0.3 is 6.03 Å². The maximum Gasteiger partial charge on any atom is 0.333 e. The lowest BCUT2D eigenvalue weighted by Gasteiger charge is -2.26. The number of amides is 2. The van der Waals surface area contributed by atoms with Crippen LogP contribution in [0.4, 0.5) is 10.5 Å². The summed E-state index contributed by atoms with van der Waals surface area (Å²) in [5.41, 5.74) is 6.60. The number of nitrogens with zero attached hydrogens (tertiary/aromatic N) is 3. The summed E-state index contributed by atoms with van der Waals surface area (Å²) in [5, 5.41) is 15.5. The van der Waals surface area contributed by atoms with Crippen molar-refractivity contribution in [1.82, 2.24) is 10.4 Å². The lowest BCUT2D eigenvalue weighted by atomic mass is 10.1. The van der Waals surface area contributed by atoms with Gasteiger partial charge in [-0.05, 0) is 18.1 Å². The largest absolute Gasteiger partial charge is 0.379 e. The molecular weight excluding hydrogens is 318 g/mol. The van der Waals surface area contributed by atoms with E-state index in [-0.39, 0.29) is 6.03 Å². The first kappa shape index (κ1) is 16.0. The number of hydrogen-bond acceptors (Lipinski definition) is 5. The van der Waals surface area contributed by atoms with Crippen LogP contribution < -0.4 is 21.2 Å². The van der Waals surface area contributed by atoms with Gasteiger partial charge in [-0.2, -0.15) is 5.11 Å². The molecule has 2 amide bonds. The Bertz CT molecular complexity index is 895. The van der Waals surface area contributed by atoms with Crippen LogP contribution in [0, 0.1) is 5.92 Å². The van der Waals surface area contributed by atoms with E-state index in [1.54, 1.807) is 0 Å². The summed E-state index contributed by atoms with van der Waals surface area (Å²) in [4.78, 5) is 12.3. The number of benzene rings is 1. The summed E-state index contributed by atoms with van der Waals surface area (Å²) in [6, 6.07) is 5.60. The SMILES string of the molecule is CC(C)C1=C2C=c3c(NC(=O)NN4CCOCC4)cccc3=C2N=N1. The molecule has 7 heteroatoms. The van der Waals surface area contributed by atoms with E-state index in [2.05, 4.69) is 40.9 Å². The molecule has 1 aromatic rings. The van der Waals surface area contributed by atoms with E-state index in [1.165, 1.54) is 0 Å². The summed E-state index contributed by atoms with van der Waals surface area (Å²) in [6.45, 7) is 6.85. The van der Waals surface area contributed by atoms with Crippen molar-refractivity contribution >= 4 is 23.5 Å². The second kappa shape index (κ2) is 6.42. The van der Waals surface area contributed by atoms with Crippen LogP contribution in [0.15, 0.2) is 39.7 Å². The first-order valence-corrected chi connectivity index (χ1v) is 8.55. The topological polar surface area (TPSA) is 78.3 Å². The van der Waals surface area contributed by atoms with Gasteiger partial charge in [0.2, 0.25) is 0 Å². The zero-order chi connectivity index (χ0) is 17.4. The van der Waals surface area contributed by atoms with E-state index in [4.69, 9.17) is 4.74 Å². The smallest absolute Gasteiger partial charge is 0.333 e. The Morgan fingerprint density at radius 3 is 2.80 bits per heavy atom. The number of allylic oxidation sites excluding steroid dienone is 1. The van der Waals surface area contributed by atoms with Crippen molar-refractivity contribution in [2.75, 3.05) is 31.6 Å². The second-order valence-corrected chi connectivity index (χ2v) is 6.58. The van der Waals surface area contributed by atoms with Crippen LogP contribution >= 0.6 is 0 Å². The van der Waals surface area contributed by atoms with Crippen LogP contribution in [0.1, 0.15) is 13.8 Å². The summed E-state index contributed by atoms with van der Waals surface area (Å²) in [5.74, 6) is 0.308. The number of azo groups is 1. The highest BCUT2D eigenvalue weighted by atomic mass is 16.5. The number of morpholine rings is 1. The average molecular weight is 339 g/mol. The van der Waals surface area contributed by atoms with Gasteiger partial charge in [-0.15, -0.1) is 5.11 Å². The number of carbonyl (C=O) groups is 1. The predicted octanol–water partition coefficient (Wildman–Crippen LogP) is 1.33. The molecule has 4 rings (SSSR count). The third kappa shape index (κ3) is 2.96. The van der Waals surface area contributed by atoms with Gasteiger partial charge < -0.3 is 10.1 Å². The van der Waals surface area contributed by atoms with Crippen molar-refractivity contribution < 1.29 is 9.53 Å². The minimum Gasteiger partial charge on any atom is -0.379 e. The molecule has 2 heterocycles. The molecule has 0 saturated carbocycles. The van der Waals surface area contributed by atoms with Gasteiger partial charge in [0, 0.05) is 29.1 Å². The summed E-state index contributed by atoms with van der Waals surface area (Å²) >= 11 is 0. The average Bonchev–Trinajstić information content (AvgIpc) is 3.15. The molecule has 7 nitrogen and oxygen atoms in total. The molecule has 0 unspecified atom stereocenters. The highest BCUT2D eigenvalue weighted by Crippen LogP contribution is 2.32.